The van der Waals surface area contributed by atoms with Crippen molar-refractivity contribution in [3.8, 4) is 22.7 Å². The lowest BCUT2D eigenvalue weighted by atomic mass is 10.1. The number of benzene rings is 2. The second kappa shape index (κ2) is 7.00. The van der Waals surface area contributed by atoms with Crippen LogP contribution in [-0.2, 0) is 4.74 Å². The third kappa shape index (κ3) is 3.15. The average molecular weight is 322 g/mol. The van der Waals surface area contributed by atoms with E-state index in [0.717, 1.165) is 16.9 Å². The van der Waals surface area contributed by atoms with Gasteiger partial charge < -0.3 is 9.47 Å². The number of para-hydroxylation sites is 1. The summed E-state index contributed by atoms with van der Waals surface area (Å²) in [6.07, 6.45) is -0.731. The predicted octanol–water partition coefficient (Wildman–Crippen LogP) is 4.38. The van der Waals surface area contributed by atoms with Crippen molar-refractivity contribution in [2.45, 2.75) is 13.8 Å². The van der Waals surface area contributed by atoms with Crippen molar-refractivity contribution in [3.05, 3.63) is 66.4 Å². The molecule has 1 aromatic heterocycles. The summed E-state index contributed by atoms with van der Waals surface area (Å²) < 4.78 is 12.1. The van der Waals surface area contributed by atoms with Crippen LogP contribution >= 0.6 is 0 Å². The Morgan fingerprint density at radius 2 is 1.67 bits per heavy atom. The number of carbonyl (C=O) groups is 1. The molecule has 0 aliphatic rings. The van der Waals surface area contributed by atoms with Gasteiger partial charge in [0.25, 0.3) is 0 Å². The van der Waals surface area contributed by atoms with Gasteiger partial charge in [-0.05, 0) is 26.0 Å². The lowest BCUT2D eigenvalue weighted by Gasteiger charge is -2.06. The van der Waals surface area contributed by atoms with Crippen LogP contribution in [0.3, 0.4) is 0 Å². The Balaban J connectivity index is 2.11. The fourth-order valence-corrected chi connectivity index (χ4v) is 2.45. The Morgan fingerprint density at radius 1 is 1.04 bits per heavy atom. The van der Waals surface area contributed by atoms with Crippen molar-refractivity contribution in [1.82, 2.24) is 9.78 Å². The molecule has 1 heterocycles. The minimum atomic E-state index is -0.731. The van der Waals surface area contributed by atoms with Crippen LogP contribution in [0.15, 0.2) is 60.7 Å². The van der Waals surface area contributed by atoms with Gasteiger partial charge >= 0.3 is 6.16 Å². The molecular weight excluding hydrogens is 304 g/mol. The van der Waals surface area contributed by atoms with Crippen LogP contribution in [-0.4, -0.2) is 22.5 Å². The van der Waals surface area contributed by atoms with Gasteiger partial charge in [0.15, 0.2) is 5.75 Å². The van der Waals surface area contributed by atoms with Crippen molar-refractivity contribution < 1.29 is 14.3 Å². The first-order valence-corrected chi connectivity index (χ1v) is 7.75. The van der Waals surface area contributed by atoms with Gasteiger partial charge in [0.05, 0.1) is 18.0 Å². The highest BCUT2D eigenvalue weighted by Crippen LogP contribution is 2.34. The standard InChI is InChI=1S/C19H18N2O3/c1-3-23-19(22)24-18-14(2)21(16-12-8-5-9-13-16)20-17(18)15-10-6-4-7-11-15/h4-13H,3H2,1-2H3. The van der Waals surface area contributed by atoms with Crippen molar-refractivity contribution >= 4 is 6.16 Å². The summed E-state index contributed by atoms with van der Waals surface area (Å²) in [6.45, 7) is 3.85. The molecule has 3 aromatic rings. The molecule has 0 N–H and O–H groups in total. The smallest absolute Gasteiger partial charge is 0.434 e. The van der Waals surface area contributed by atoms with E-state index < -0.39 is 6.16 Å². The molecule has 0 spiro atoms. The molecule has 0 unspecified atom stereocenters. The SMILES string of the molecule is CCOC(=O)Oc1c(-c2ccccc2)nn(-c2ccccc2)c1C. The fourth-order valence-electron chi connectivity index (χ4n) is 2.45. The molecule has 122 valence electrons. The van der Waals surface area contributed by atoms with E-state index in [1.54, 1.807) is 11.6 Å². The van der Waals surface area contributed by atoms with E-state index in [1.165, 1.54) is 0 Å². The van der Waals surface area contributed by atoms with E-state index in [4.69, 9.17) is 9.47 Å². The second-order valence-electron chi connectivity index (χ2n) is 5.16. The summed E-state index contributed by atoms with van der Waals surface area (Å²) in [6, 6.07) is 19.3. The van der Waals surface area contributed by atoms with Crippen molar-refractivity contribution in [2.24, 2.45) is 0 Å². The summed E-state index contributed by atoms with van der Waals surface area (Å²) in [7, 11) is 0. The molecule has 24 heavy (non-hydrogen) atoms. The molecule has 2 aromatic carbocycles. The molecule has 5 nitrogen and oxygen atoms in total. The highest BCUT2D eigenvalue weighted by Gasteiger charge is 2.21. The maximum atomic E-state index is 11.8. The topological polar surface area (TPSA) is 53.4 Å². The minimum Gasteiger partial charge on any atom is -0.434 e. The monoisotopic (exact) mass is 322 g/mol. The maximum absolute atomic E-state index is 11.8. The molecule has 0 fully saturated rings. The van der Waals surface area contributed by atoms with Crippen molar-refractivity contribution in [3.63, 3.8) is 0 Å². The van der Waals surface area contributed by atoms with E-state index in [0.29, 0.717) is 11.4 Å². The van der Waals surface area contributed by atoms with Crippen LogP contribution < -0.4 is 4.74 Å². The van der Waals surface area contributed by atoms with Crippen LogP contribution in [0.25, 0.3) is 16.9 Å². The fraction of sp³-hybridized carbons (Fsp3) is 0.158. The number of hydrogen-bond acceptors (Lipinski definition) is 4. The third-order valence-corrected chi connectivity index (χ3v) is 3.56. The molecule has 0 saturated heterocycles. The molecule has 0 saturated carbocycles. The third-order valence-electron chi connectivity index (χ3n) is 3.56. The Morgan fingerprint density at radius 3 is 2.29 bits per heavy atom. The van der Waals surface area contributed by atoms with Gasteiger partial charge in [-0.15, -0.1) is 0 Å². The first-order valence-electron chi connectivity index (χ1n) is 7.75. The lowest BCUT2D eigenvalue weighted by molar-refractivity contribution is 0.104. The summed E-state index contributed by atoms with van der Waals surface area (Å²) in [4.78, 5) is 11.8. The average Bonchev–Trinajstić information content (AvgIpc) is 2.93. The predicted molar refractivity (Wildman–Crippen MR) is 91.4 cm³/mol. The molecule has 0 amide bonds. The summed E-state index contributed by atoms with van der Waals surface area (Å²) in [5.74, 6) is 0.406. The molecule has 0 bridgehead atoms. The molecule has 0 aliphatic heterocycles. The second-order valence-corrected chi connectivity index (χ2v) is 5.16. The first kappa shape index (κ1) is 15.8. The number of ether oxygens (including phenoxy) is 2. The normalized spacial score (nSPS) is 10.4. The van der Waals surface area contributed by atoms with Gasteiger partial charge in [0.1, 0.15) is 5.69 Å². The maximum Gasteiger partial charge on any atom is 0.513 e. The largest absolute Gasteiger partial charge is 0.513 e. The van der Waals surface area contributed by atoms with Crippen LogP contribution in [0, 0.1) is 6.92 Å². The highest BCUT2D eigenvalue weighted by atomic mass is 16.7. The van der Waals surface area contributed by atoms with Crippen LogP contribution in [0.5, 0.6) is 5.75 Å². The van der Waals surface area contributed by atoms with Gasteiger partial charge in [-0.1, -0.05) is 48.5 Å². The van der Waals surface area contributed by atoms with E-state index >= 15 is 0 Å². The van der Waals surface area contributed by atoms with E-state index in [2.05, 4.69) is 5.10 Å². The highest BCUT2D eigenvalue weighted by molar-refractivity contribution is 5.73. The molecule has 0 atom stereocenters. The number of carbonyl (C=O) groups excluding carboxylic acids is 1. The number of hydrogen-bond donors (Lipinski definition) is 0. The van der Waals surface area contributed by atoms with Gasteiger partial charge in [-0.2, -0.15) is 5.10 Å². The Kier molecular flexibility index (Phi) is 4.61. The Hall–Kier alpha value is -3.08. The molecule has 5 heteroatoms. The van der Waals surface area contributed by atoms with Crippen LogP contribution in [0.4, 0.5) is 4.79 Å². The quantitative estimate of drug-likeness (QED) is 0.669. The zero-order valence-electron chi connectivity index (χ0n) is 13.6. The van der Waals surface area contributed by atoms with E-state index in [9.17, 15) is 4.79 Å². The van der Waals surface area contributed by atoms with Crippen molar-refractivity contribution in [2.75, 3.05) is 6.61 Å². The van der Waals surface area contributed by atoms with Gasteiger partial charge in [0, 0.05) is 5.56 Å². The van der Waals surface area contributed by atoms with Crippen LogP contribution in [0.1, 0.15) is 12.6 Å². The zero-order valence-corrected chi connectivity index (χ0v) is 13.6. The van der Waals surface area contributed by atoms with E-state index in [-0.39, 0.29) is 6.61 Å². The summed E-state index contributed by atoms with van der Waals surface area (Å²) in [5.41, 5.74) is 3.10. The van der Waals surface area contributed by atoms with Gasteiger partial charge in [-0.3, -0.25) is 0 Å². The Bertz CT molecular complexity index is 827. The van der Waals surface area contributed by atoms with Gasteiger partial charge in [0.2, 0.25) is 0 Å². The number of nitrogens with zero attached hydrogens (tertiary/aromatic N) is 2. The number of aromatic nitrogens is 2. The first-order chi connectivity index (χ1) is 11.7. The molecule has 3 rings (SSSR count). The minimum absolute atomic E-state index is 0.255. The zero-order chi connectivity index (χ0) is 16.9. The lowest BCUT2D eigenvalue weighted by Crippen LogP contribution is -2.11. The van der Waals surface area contributed by atoms with E-state index in [1.807, 2.05) is 67.6 Å². The summed E-state index contributed by atoms with van der Waals surface area (Å²) >= 11 is 0. The van der Waals surface area contributed by atoms with Crippen LogP contribution in [0.2, 0.25) is 0 Å². The van der Waals surface area contributed by atoms with Crippen molar-refractivity contribution in [1.29, 1.82) is 0 Å². The molecular formula is C19H18N2O3. The Labute approximate surface area is 140 Å². The molecule has 0 radical (unpaired) electrons. The number of rotatable bonds is 4. The molecule has 0 aliphatic carbocycles. The van der Waals surface area contributed by atoms with Gasteiger partial charge in [-0.25, -0.2) is 9.48 Å². The summed E-state index contributed by atoms with van der Waals surface area (Å²) in [5, 5.41) is 4.65.